The van der Waals surface area contributed by atoms with Gasteiger partial charge in [-0.05, 0) is 60.5 Å². The van der Waals surface area contributed by atoms with E-state index in [1.54, 1.807) is 12.1 Å². The molecule has 0 bridgehead atoms. The van der Waals surface area contributed by atoms with E-state index >= 15 is 0 Å². The van der Waals surface area contributed by atoms with E-state index in [1.165, 1.54) is 17.2 Å². The summed E-state index contributed by atoms with van der Waals surface area (Å²) >= 11 is 0. The molecule has 0 saturated heterocycles. The van der Waals surface area contributed by atoms with Crippen molar-refractivity contribution in [3.05, 3.63) is 101 Å². The Labute approximate surface area is 185 Å². The van der Waals surface area contributed by atoms with Crippen LogP contribution in [0.1, 0.15) is 29.3 Å². The minimum absolute atomic E-state index is 0.168. The van der Waals surface area contributed by atoms with Gasteiger partial charge in [0.1, 0.15) is 5.82 Å². The van der Waals surface area contributed by atoms with Crippen molar-refractivity contribution in [1.82, 2.24) is 20.5 Å². The number of benzene rings is 2. The molecule has 164 valence electrons. The third-order valence-corrected chi connectivity index (χ3v) is 5.32. The predicted octanol–water partition coefficient (Wildman–Crippen LogP) is 4.16. The summed E-state index contributed by atoms with van der Waals surface area (Å²) in [6, 6.07) is 21.6. The maximum Gasteiger partial charge on any atom is 0.123 e. The summed E-state index contributed by atoms with van der Waals surface area (Å²) in [6.07, 6.45) is 2.66. The molecule has 1 heterocycles. The highest BCUT2D eigenvalue weighted by Crippen LogP contribution is 2.08. The van der Waals surface area contributed by atoms with Crippen LogP contribution in [0.25, 0.3) is 0 Å². The lowest BCUT2D eigenvalue weighted by molar-refractivity contribution is 0.279. The molecule has 0 fully saturated rings. The molecule has 3 aromatic rings. The lowest BCUT2D eigenvalue weighted by Gasteiger charge is -2.21. The van der Waals surface area contributed by atoms with Crippen LogP contribution in [0, 0.1) is 5.82 Å². The quantitative estimate of drug-likeness (QED) is 0.407. The second-order valence-corrected chi connectivity index (χ2v) is 7.74. The highest BCUT2D eigenvalue weighted by molar-refractivity contribution is 5.22. The normalized spacial score (nSPS) is 11.2. The number of nitrogens with one attached hydrogen (secondary N) is 2. The van der Waals surface area contributed by atoms with E-state index < -0.39 is 0 Å². The van der Waals surface area contributed by atoms with Crippen molar-refractivity contribution in [1.29, 1.82) is 0 Å². The Bertz CT molecular complexity index is 883. The molecular weight excluding hydrogens is 387 g/mol. The Hall–Kier alpha value is -2.60. The van der Waals surface area contributed by atoms with Crippen molar-refractivity contribution in [2.24, 2.45) is 0 Å². The molecule has 2 N–H and O–H groups in total. The zero-order chi connectivity index (χ0) is 21.7. The van der Waals surface area contributed by atoms with E-state index in [-0.39, 0.29) is 5.82 Å². The average Bonchev–Trinajstić information content (AvgIpc) is 2.80. The van der Waals surface area contributed by atoms with Gasteiger partial charge in [-0.25, -0.2) is 4.39 Å². The zero-order valence-corrected chi connectivity index (χ0v) is 18.4. The highest BCUT2D eigenvalue weighted by Gasteiger charge is 2.04. The highest BCUT2D eigenvalue weighted by atomic mass is 19.1. The van der Waals surface area contributed by atoms with Crippen LogP contribution in [0.5, 0.6) is 0 Å². The SMILES string of the molecule is CCN(CCNCc1ccccn1)Cc1ccc(CNCCc2cccc(F)c2)cc1. The van der Waals surface area contributed by atoms with Gasteiger partial charge >= 0.3 is 0 Å². The molecule has 0 aliphatic heterocycles. The average molecular weight is 421 g/mol. The topological polar surface area (TPSA) is 40.2 Å². The van der Waals surface area contributed by atoms with Crippen LogP contribution in [-0.2, 0) is 26.1 Å². The lowest BCUT2D eigenvalue weighted by Crippen LogP contribution is -2.31. The van der Waals surface area contributed by atoms with Crippen molar-refractivity contribution >= 4 is 0 Å². The molecule has 5 heteroatoms. The fourth-order valence-corrected chi connectivity index (χ4v) is 3.48. The third kappa shape index (κ3) is 8.58. The van der Waals surface area contributed by atoms with Crippen molar-refractivity contribution in [3.63, 3.8) is 0 Å². The fourth-order valence-electron chi connectivity index (χ4n) is 3.48. The molecule has 0 aliphatic rings. The molecule has 0 spiro atoms. The first-order valence-corrected chi connectivity index (χ1v) is 11.1. The molecule has 0 aliphatic carbocycles. The molecule has 0 unspecified atom stereocenters. The van der Waals surface area contributed by atoms with Crippen LogP contribution in [-0.4, -0.2) is 36.1 Å². The van der Waals surface area contributed by atoms with E-state index in [0.717, 1.165) is 63.5 Å². The first kappa shape index (κ1) is 23.1. The molecule has 2 aromatic carbocycles. The van der Waals surface area contributed by atoms with E-state index in [4.69, 9.17) is 0 Å². The second kappa shape index (κ2) is 13.0. The zero-order valence-electron chi connectivity index (χ0n) is 18.4. The minimum Gasteiger partial charge on any atom is -0.312 e. The van der Waals surface area contributed by atoms with Crippen molar-refractivity contribution < 1.29 is 4.39 Å². The van der Waals surface area contributed by atoms with Crippen LogP contribution >= 0.6 is 0 Å². The van der Waals surface area contributed by atoms with Gasteiger partial charge in [-0.3, -0.25) is 9.88 Å². The van der Waals surface area contributed by atoms with E-state index in [0.29, 0.717) is 0 Å². The van der Waals surface area contributed by atoms with Gasteiger partial charge in [-0.15, -0.1) is 0 Å². The van der Waals surface area contributed by atoms with Gasteiger partial charge in [0.05, 0.1) is 5.69 Å². The summed E-state index contributed by atoms with van der Waals surface area (Å²) in [5.41, 5.74) is 4.70. The maximum absolute atomic E-state index is 13.2. The Balaban J connectivity index is 1.34. The van der Waals surface area contributed by atoms with Gasteiger partial charge in [0.25, 0.3) is 0 Å². The van der Waals surface area contributed by atoms with Crippen molar-refractivity contribution in [3.8, 4) is 0 Å². The Morgan fingerprint density at radius 1 is 0.839 bits per heavy atom. The van der Waals surface area contributed by atoms with Gasteiger partial charge < -0.3 is 10.6 Å². The molecule has 0 saturated carbocycles. The largest absolute Gasteiger partial charge is 0.312 e. The number of hydrogen-bond donors (Lipinski definition) is 2. The summed E-state index contributed by atoms with van der Waals surface area (Å²) in [4.78, 5) is 6.78. The van der Waals surface area contributed by atoms with E-state index in [1.807, 2.05) is 30.5 Å². The number of pyridine rings is 1. The molecule has 1 aromatic heterocycles. The number of likely N-dealkylation sites (N-methyl/N-ethyl adjacent to an activating group) is 1. The Kier molecular flexibility index (Phi) is 9.64. The van der Waals surface area contributed by atoms with Gasteiger partial charge in [-0.1, -0.05) is 49.4 Å². The number of hydrogen-bond acceptors (Lipinski definition) is 4. The lowest BCUT2D eigenvalue weighted by atomic mass is 10.1. The monoisotopic (exact) mass is 420 g/mol. The minimum atomic E-state index is -0.168. The Morgan fingerprint density at radius 3 is 2.39 bits per heavy atom. The standard InChI is InChI=1S/C26H33FN4/c1-2-31(17-16-29-20-26-8-3-4-14-30-26)21-24-11-9-23(10-12-24)19-28-15-13-22-6-5-7-25(27)18-22/h3-12,14,18,28-29H,2,13,15-17,19-21H2,1H3. The summed E-state index contributed by atoms with van der Waals surface area (Å²) in [6.45, 7) is 8.59. The maximum atomic E-state index is 13.2. The molecule has 31 heavy (non-hydrogen) atoms. The van der Waals surface area contributed by atoms with E-state index in [9.17, 15) is 4.39 Å². The van der Waals surface area contributed by atoms with Crippen molar-refractivity contribution in [2.75, 3.05) is 26.2 Å². The van der Waals surface area contributed by atoms with Gasteiger partial charge in [0, 0.05) is 38.9 Å². The Morgan fingerprint density at radius 2 is 1.65 bits per heavy atom. The number of rotatable bonds is 13. The summed E-state index contributed by atoms with van der Waals surface area (Å²) in [7, 11) is 0. The smallest absolute Gasteiger partial charge is 0.123 e. The van der Waals surface area contributed by atoms with Crippen LogP contribution in [0.3, 0.4) is 0 Å². The van der Waals surface area contributed by atoms with Crippen LogP contribution in [0.4, 0.5) is 4.39 Å². The van der Waals surface area contributed by atoms with E-state index in [2.05, 4.69) is 51.7 Å². The molecule has 0 atom stereocenters. The van der Waals surface area contributed by atoms with Crippen molar-refractivity contribution in [2.45, 2.75) is 33.0 Å². The first-order chi connectivity index (χ1) is 15.2. The van der Waals surface area contributed by atoms with Gasteiger partial charge in [0.15, 0.2) is 0 Å². The van der Waals surface area contributed by atoms with Crippen LogP contribution in [0.15, 0.2) is 72.9 Å². The summed E-state index contributed by atoms with van der Waals surface area (Å²) in [5, 5.41) is 6.91. The molecule has 0 amide bonds. The second-order valence-electron chi connectivity index (χ2n) is 7.74. The molecule has 4 nitrogen and oxygen atoms in total. The van der Waals surface area contributed by atoms with Crippen LogP contribution < -0.4 is 10.6 Å². The number of aromatic nitrogens is 1. The number of halogens is 1. The number of nitrogens with zero attached hydrogens (tertiary/aromatic N) is 2. The first-order valence-electron chi connectivity index (χ1n) is 11.1. The van der Waals surface area contributed by atoms with Gasteiger partial charge in [-0.2, -0.15) is 0 Å². The molecular formula is C26H33FN4. The fraction of sp³-hybridized carbons (Fsp3) is 0.346. The summed E-state index contributed by atoms with van der Waals surface area (Å²) < 4.78 is 13.2. The predicted molar refractivity (Wildman–Crippen MR) is 125 cm³/mol. The molecule has 0 radical (unpaired) electrons. The summed E-state index contributed by atoms with van der Waals surface area (Å²) in [5.74, 6) is -0.168. The van der Waals surface area contributed by atoms with Gasteiger partial charge in [0.2, 0.25) is 0 Å². The third-order valence-electron chi connectivity index (χ3n) is 5.32. The molecule has 3 rings (SSSR count). The van der Waals surface area contributed by atoms with Crippen LogP contribution in [0.2, 0.25) is 0 Å².